The third-order valence-corrected chi connectivity index (χ3v) is 4.37. The van der Waals surface area contributed by atoms with Crippen molar-refractivity contribution in [2.24, 2.45) is 0 Å². The highest BCUT2D eigenvalue weighted by atomic mass is 16.1. The summed E-state index contributed by atoms with van der Waals surface area (Å²) in [6.45, 7) is 5.64. The van der Waals surface area contributed by atoms with Crippen molar-refractivity contribution >= 4 is 6.29 Å². The van der Waals surface area contributed by atoms with Gasteiger partial charge in [0.05, 0.1) is 6.04 Å². The van der Waals surface area contributed by atoms with Crippen molar-refractivity contribution in [3.8, 4) is 0 Å². The van der Waals surface area contributed by atoms with Gasteiger partial charge in [0, 0.05) is 19.1 Å². The summed E-state index contributed by atoms with van der Waals surface area (Å²) in [6.07, 6.45) is 1.08. The summed E-state index contributed by atoms with van der Waals surface area (Å²) >= 11 is 0. The molecule has 0 atom stereocenters. The van der Waals surface area contributed by atoms with Gasteiger partial charge in [0.1, 0.15) is 11.8 Å². The summed E-state index contributed by atoms with van der Waals surface area (Å²) in [6, 6.07) is 21.5. The molecule has 3 rings (SSSR count). The molecule has 1 saturated heterocycles. The molecular formula is C20H24N2O. The average molecular weight is 308 g/mol. The molecule has 0 bridgehead atoms. The fourth-order valence-corrected chi connectivity index (χ4v) is 3.52. The van der Waals surface area contributed by atoms with Gasteiger partial charge in [-0.3, -0.25) is 4.90 Å². The fourth-order valence-electron chi connectivity index (χ4n) is 3.52. The van der Waals surface area contributed by atoms with Crippen LogP contribution in [0.4, 0.5) is 0 Å². The van der Waals surface area contributed by atoms with Crippen LogP contribution in [-0.2, 0) is 4.79 Å². The fraction of sp³-hybridized carbons (Fsp3) is 0.350. The van der Waals surface area contributed by atoms with Crippen molar-refractivity contribution in [3.05, 3.63) is 71.8 Å². The number of aldehydes is 1. The highest BCUT2D eigenvalue weighted by Gasteiger charge is 2.46. The van der Waals surface area contributed by atoms with E-state index in [1.807, 2.05) is 12.1 Å². The predicted octanol–water partition coefficient (Wildman–Crippen LogP) is 3.03. The maximum absolute atomic E-state index is 11.6. The molecule has 3 heteroatoms. The molecule has 0 radical (unpaired) electrons. The normalized spacial score (nSPS) is 17.2. The molecule has 1 N–H and O–H groups in total. The van der Waals surface area contributed by atoms with E-state index in [2.05, 4.69) is 72.6 Å². The number of hydrogen-bond donors (Lipinski definition) is 1. The third kappa shape index (κ3) is 3.36. The molecule has 1 aliphatic rings. The Hall–Kier alpha value is -1.97. The van der Waals surface area contributed by atoms with Crippen LogP contribution in [0.2, 0.25) is 0 Å². The first-order valence-electron chi connectivity index (χ1n) is 8.21. The first-order chi connectivity index (χ1) is 11.1. The molecule has 2 aromatic rings. The summed E-state index contributed by atoms with van der Waals surface area (Å²) in [5, 5.41) is 3.42. The van der Waals surface area contributed by atoms with Crippen LogP contribution in [0, 0.1) is 0 Å². The standard InChI is InChI=1S/C20H24N2O/c1-16(2)21-20(15-23)13-22(14-20)19(17-9-5-3-6-10-17)18-11-7-4-8-12-18/h3-12,15-16,19,21H,13-14H2,1-2H3. The molecular weight excluding hydrogens is 284 g/mol. The minimum Gasteiger partial charge on any atom is -0.301 e. The van der Waals surface area contributed by atoms with E-state index in [1.54, 1.807) is 0 Å². The van der Waals surface area contributed by atoms with Crippen LogP contribution >= 0.6 is 0 Å². The van der Waals surface area contributed by atoms with Gasteiger partial charge in [0.2, 0.25) is 0 Å². The van der Waals surface area contributed by atoms with Crippen molar-refractivity contribution < 1.29 is 4.79 Å². The molecule has 3 nitrogen and oxygen atoms in total. The van der Waals surface area contributed by atoms with E-state index in [1.165, 1.54) is 11.1 Å². The zero-order chi connectivity index (χ0) is 16.3. The highest BCUT2D eigenvalue weighted by molar-refractivity contribution is 5.67. The van der Waals surface area contributed by atoms with Crippen LogP contribution in [0.1, 0.15) is 31.0 Å². The molecule has 0 amide bonds. The van der Waals surface area contributed by atoms with Crippen molar-refractivity contribution in [1.29, 1.82) is 0 Å². The maximum Gasteiger partial charge on any atom is 0.142 e. The van der Waals surface area contributed by atoms with Crippen molar-refractivity contribution in [2.45, 2.75) is 31.5 Å². The van der Waals surface area contributed by atoms with E-state index >= 15 is 0 Å². The summed E-state index contributed by atoms with van der Waals surface area (Å²) in [5.74, 6) is 0. The van der Waals surface area contributed by atoms with Crippen LogP contribution in [0.25, 0.3) is 0 Å². The van der Waals surface area contributed by atoms with E-state index in [4.69, 9.17) is 0 Å². The number of rotatable bonds is 6. The lowest BCUT2D eigenvalue weighted by Gasteiger charge is -2.51. The van der Waals surface area contributed by atoms with Gasteiger partial charge < -0.3 is 10.1 Å². The Balaban J connectivity index is 1.86. The Bertz CT molecular complexity index is 594. The zero-order valence-corrected chi connectivity index (χ0v) is 13.8. The molecule has 1 fully saturated rings. The second kappa shape index (κ2) is 6.65. The quantitative estimate of drug-likeness (QED) is 0.833. The van der Waals surface area contributed by atoms with Gasteiger partial charge in [-0.05, 0) is 25.0 Å². The Morgan fingerprint density at radius 3 is 1.83 bits per heavy atom. The van der Waals surface area contributed by atoms with E-state index in [9.17, 15) is 4.79 Å². The van der Waals surface area contributed by atoms with Crippen LogP contribution in [0.15, 0.2) is 60.7 Å². The first kappa shape index (κ1) is 15.9. The smallest absolute Gasteiger partial charge is 0.142 e. The number of hydrogen-bond acceptors (Lipinski definition) is 3. The maximum atomic E-state index is 11.6. The second-order valence-corrected chi connectivity index (χ2v) is 6.70. The lowest BCUT2D eigenvalue weighted by Crippen LogP contribution is -2.71. The SMILES string of the molecule is CC(C)NC1(C=O)CN(C(c2ccccc2)c2ccccc2)C1. The average Bonchev–Trinajstić information content (AvgIpc) is 2.54. The molecule has 0 saturated carbocycles. The molecule has 0 aliphatic carbocycles. The minimum absolute atomic E-state index is 0.194. The third-order valence-electron chi connectivity index (χ3n) is 4.37. The lowest BCUT2D eigenvalue weighted by molar-refractivity contribution is -0.121. The molecule has 0 aromatic heterocycles. The zero-order valence-electron chi connectivity index (χ0n) is 13.8. The van der Waals surface area contributed by atoms with E-state index in [0.29, 0.717) is 6.04 Å². The summed E-state index contributed by atoms with van der Waals surface area (Å²) in [5.41, 5.74) is 2.13. The number of nitrogens with one attached hydrogen (secondary N) is 1. The monoisotopic (exact) mass is 308 g/mol. The van der Waals surface area contributed by atoms with Gasteiger partial charge in [-0.15, -0.1) is 0 Å². The van der Waals surface area contributed by atoms with Gasteiger partial charge in [-0.2, -0.15) is 0 Å². The number of carbonyl (C=O) groups excluding carboxylic acids is 1. The van der Waals surface area contributed by atoms with Crippen LogP contribution in [0.5, 0.6) is 0 Å². The second-order valence-electron chi connectivity index (χ2n) is 6.70. The minimum atomic E-state index is -0.407. The lowest BCUT2D eigenvalue weighted by atomic mass is 9.85. The Morgan fingerprint density at radius 1 is 0.957 bits per heavy atom. The van der Waals surface area contributed by atoms with Gasteiger partial charge in [-0.1, -0.05) is 60.7 Å². The summed E-state index contributed by atoms with van der Waals surface area (Å²) in [7, 11) is 0. The summed E-state index contributed by atoms with van der Waals surface area (Å²) in [4.78, 5) is 14.0. The van der Waals surface area contributed by atoms with Crippen molar-refractivity contribution in [3.63, 3.8) is 0 Å². The number of carbonyl (C=O) groups is 1. The Labute approximate surface area is 138 Å². The van der Waals surface area contributed by atoms with Crippen molar-refractivity contribution in [1.82, 2.24) is 10.2 Å². The molecule has 0 unspecified atom stereocenters. The highest BCUT2D eigenvalue weighted by Crippen LogP contribution is 2.35. The Kier molecular flexibility index (Phi) is 4.60. The molecule has 120 valence electrons. The van der Waals surface area contributed by atoms with Gasteiger partial charge in [-0.25, -0.2) is 0 Å². The van der Waals surface area contributed by atoms with E-state index < -0.39 is 5.54 Å². The number of nitrogens with zero attached hydrogens (tertiary/aromatic N) is 1. The van der Waals surface area contributed by atoms with Gasteiger partial charge in [0.15, 0.2) is 0 Å². The molecule has 23 heavy (non-hydrogen) atoms. The molecule has 1 aliphatic heterocycles. The molecule has 1 heterocycles. The van der Waals surface area contributed by atoms with Crippen molar-refractivity contribution in [2.75, 3.05) is 13.1 Å². The van der Waals surface area contributed by atoms with Gasteiger partial charge >= 0.3 is 0 Å². The number of benzene rings is 2. The summed E-state index contributed by atoms with van der Waals surface area (Å²) < 4.78 is 0. The first-order valence-corrected chi connectivity index (χ1v) is 8.21. The van der Waals surface area contributed by atoms with E-state index in [-0.39, 0.29) is 6.04 Å². The molecule has 2 aromatic carbocycles. The Morgan fingerprint density at radius 2 is 1.43 bits per heavy atom. The van der Waals surface area contributed by atoms with Crippen LogP contribution in [0.3, 0.4) is 0 Å². The molecule has 0 spiro atoms. The van der Waals surface area contributed by atoms with E-state index in [0.717, 1.165) is 19.4 Å². The largest absolute Gasteiger partial charge is 0.301 e. The van der Waals surface area contributed by atoms with Crippen LogP contribution in [-0.4, -0.2) is 35.9 Å². The van der Waals surface area contributed by atoms with Crippen LogP contribution < -0.4 is 5.32 Å². The van der Waals surface area contributed by atoms with Gasteiger partial charge in [0.25, 0.3) is 0 Å². The topological polar surface area (TPSA) is 32.3 Å². The predicted molar refractivity (Wildman–Crippen MR) is 93.4 cm³/mol. The number of likely N-dealkylation sites (tertiary alicyclic amines) is 1.